The van der Waals surface area contributed by atoms with Crippen LogP contribution in [0.1, 0.15) is 62.3 Å². The number of hydrogen-bond donors (Lipinski definition) is 6. The lowest BCUT2D eigenvalue weighted by atomic mass is 10.7. The molecule has 18 heteroatoms. The smallest absolute Gasteiger partial charge is 0.324 e. The molecule has 0 amide bonds. The maximum Gasteiger partial charge on any atom is 0.324 e. The van der Waals surface area contributed by atoms with Crippen molar-refractivity contribution >= 4 is 35.7 Å². The van der Waals surface area contributed by atoms with Crippen LogP contribution in [0.3, 0.4) is 0 Å². The summed E-state index contributed by atoms with van der Waals surface area (Å²) in [6, 6.07) is 0.915. The predicted molar refractivity (Wildman–Crippen MR) is 178 cm³/mol. The summed E-state index contributed by atoms with van der Waals surface area (Å²) in [7, 11) is 0. The van der Waals surface area contributed by atoms with Crippen molar-refractivity contribution in [2.45, 2.75) is 62.3 Å². The van der Waals surface area contributed by atoms with Gasteiger partial charge in [-0.15, -0.1) is 4.98 Å². The highest BCUT2D eigenvalue weighted by Gasteiger charge is 2.08. The molecular formula is C27H51N15O3. The van der Waals surface area contributed by atoms with Crippen molar-refractivity contribution in [3.8, 4) is 18.0 Å². The van der Waals surface area contributed by atoms with E-state index in [9.17, 15) is 0 Å². The molecule has 0 saturated carbocycles. The van der Waals surface area contributed by atoms with E-state index >= 15 is 0 Å². The Morgan fingerprint density at radius 1 is 0.311 bits per heavy atom. The van der Waals surface area contributed by atoms with Gasteiger partial charge in [-0.2, -0.15) is 39.9 Å². The Balaban J connectivity index is 0.000000337. The van der Waals surface area contributed by atoms with Crippen LogP contribution in [-0.2, 0) is 0 Å². The highest BCUT2D eigenvalue weighted by Crippen LogP contribution is 2.13. The molecule has 3 aromatic heterocycles. The van der Waals surface area contributed by atoms with Gasteiger partial charge < -0.3 is 46.1 Å². The van der Waals surface area contributed by atoms with Crippen molar-refractivity contribution in [1.82, 2.24) is 44.9 Å². The van der Waals surface area contributed by atoms with Crippen LogP contribution >= 0.6 is 0 Å². The van der Waals surface area contributed by atoms with Crippen LogP contribution in [-0.4, -0.2) is 104 Å². The van der Waals surface area contributed by atoms with Crippen LogP contribution < -0.4 is 46.1 Å². The Hall–Kier alpha value is -4.77. The summed E-state index contributed by atoms with van der Waals surface area (Å²) in [6.45, 7) is 23.8. The van der Waals surface area contributed by atoms with Gasteiger partial charge in [0.1, 0.15) is 0 Å². The van der Waals surface area contributed by atoms with Crippen LogP contribution in [0, 0.1) is 0 Å². The van der Waals surface area contributed by atoms with Gasteiger partial charge in [0, 0.05) is 39.3 Å². The van der Waals surface area contributed by atoms with E-state index < -0.39 is 0 Å². The summed E-state index contributed by atoms with van der Waals surface area (Å²) in [5.41, 5.74) is 0. The zero-order valence-corrected chi connectivity index (χ0v) is 28.1. The number of hydrogen-bond acceptors (Lipinski definition) is 18. The second kappa shape index (κ2) is 23.7. The monoisotopic (exact) mass is 633 g/mol. The molecule has 0 aliphatic rings. The summed E-state index contributed by atoms with van der Waals surface area (Å²) < 4.78 is 15.6. The van der Waals surface area contributed by atoms with E-state index in [0.717, 1.165) is 39.3 Å². The van der Waals surface area contributed by atoms with Gasteiger partial charge in [0.25, 0.3) is 0 Å². The molecule has 3 aromatic rings. The molecule has 3 rings (SSSR count). The van der Waals surface area contributed by atoms with Gasteiger partial charge in [-0.3, -0.25) is 0 Å². The lowest BCUT2D eigenvalue weighted by Crippen LogP contribution is -2.11. The third-order valence-corrected chi connectivity index (χ3v) is 4.67. The first-order chi connectivity index (χ1) is 21.9. The molecular weight excluding hydrogens is 582 g/mol. The van der Waals surface area contributed by atoms with E-state index in [-0.39, 0.29) is 12.0 Å². The van der Waals surface area contributed by atoms with Gasteiger partial charge in [0.05, 0.1) is 19.8 Å². The van der Waals surface area contributed by atoms with Gasteiger partial charge >= 0.3 is 18.0 Å². The summed E-state index contributed by atoms with van der Waals surface area (Å²) in [5, 5.41) is 18.2. The minimum absolute atomic E-state index is 0.284. The number of aromatic nitrogens is 9. The molecule has 3 heterocycles. The van der Waals surface area contributed by atoms with E-state index in [0.29, 0.717) is 61.5 Å². The topological polar surface area (TPSA) is 216 Å². The molecule has 252 valence electrons. The molecule has 0 aromatic carbocycles. The van der Waals surface area contributed by atoms with E-state index in [1.165, 1.54) is 0 Å². The molecule has 0 saturated heterocycles. The lowest BCUT2D eigenvalue weighted by molar-refractivity contribution is 0.280. The van der Waals surface area contributed by atoms with Crippen molar-refractivity contribution in [2.24, 2.45) is 0 Å². The minimum Gasteiger partial charge on any atom is -0.464 e. The first kappa shape index (κ1) is 38.3. The van der Waals surface area contributed by atoms with Crippen molar-refractivity contribution in [2.75, 3.05) is 91.0 Å². The first-order valence-electron chi connectivity index (χ1n) is 15.5. The third-order valence-electron chi connectivity index (χ3n) is 4.67. The molecule has 0 bridgehead atoms. The van der Waals surface area contributed by atoms with Crippen LogP contribution in [0.4, 0.5) is 35.7 Å². The predicted octanol–water partition coefficient (Wildman–Crippen LogP) is 3.40. The lowest BCUT2D eigenvalue weighted by Gasteiger charge is -2.08. The second-order valence-electron chi connectivity index (χ2n) is 8.28. The van der Waals surface area contributed by atoms with E-state index in [4.69, 9.17) is 14.2 Å². The normalized spacial score (nSPS) is 9.80. The molecule has 0 atom stereocenters. The fraction of sp³-hybridized carbons (Fsp3) is 0.667. The van der Waals surface area contributed by atoms with Crippen LogP contribution in [0.2, 0.25) is 0 Å². The average Bonchev–Trinajstić information content (AvgIpc) is 2.99. The number of ether oxygens (including phenoxy) is 3. The maximum atomic E-state index is 5.24. The SMILES string of the molecule is CCNc1nc(NCC)nc(NCC)n1.CCNc1nc(NCC)nc(OCC)n1.CCNc1nc(OCC)nc(OCC)n1. The van der Waals surface area contributed by atoms with Gasteiger partial charge in [0.2, 0.25) is 35.7 Å². The Kier molecular flexibility index (Phi) is 20.1. The summed E-state index contributed by atoms with van der Waals surface area (Å²) in [6.07, 6.45) is 0. The first-order valence-corrected chi connectivity index (χ1v) is 15.5. The zero-order chi connectivity index (χ0) is 33.3. The molecule has 0 spiro atoms. The Bertz CT molecular complexity index is 880. The largest absolute Gasteiger partial charge is 0.464 e. The van der Waals surface area contributed by atoms with Crippen molar-refractivity contribution < 1.29 is 14.2 Å². The van der Waals surface area contributed by atoms with E-state index in [1.807, 2.05) is 62.3 Å². The third kappa shape index (κ3) is 16.0. The van der Waals surface area contributed by atoms with Crippen molar-refractivity contribution in [3.63, 3.8) is 0 Å². The van der Waals surface area contributed by atoms with Crippen LogP contribution in [0.25, 0.3) is 0 Å². The van der Waals surface area contributed by atoms with Gasteiger partial charge in [-0.05, 0) is 62.3 Å². The summed E-state index contributed by atoms with van der Waals surface area (Å²) >= 11 is 0. The number of rotatable bonds is 18. The molecule has 0 aliphatic heterocycles. The summed E-state index contributed by atoms with van der Waals surface area (Å²) in [5.74, 6) is 3.33. The minimum atomic E-state index is 0.284. The molecule has 0 radical (unpaired) electrons. The fourth-order valence-corrected chi connectivity index (χ4v) is 3.07. The Morgan fingerprint density at radius 2 is 0.511 bits per heavy atom. The molecule has 18 nitrogen and oxygen atoms in total. The number of anilines is 6. The molecule has 6 N–H and O–H groups in total. The summed E-state index contributed by atoms with van der Waals surface area (Å²) in [4.78, 5) is 37.1. The molecule has 0 aliphatic carbocycles. The second-order valence-corrected chi connectivity index (χ2v) is 8.28. The molecule has 45 heavy (non-hydrogen) atoms. The van der Waals surface area contributed by atoms with Gasteiger partial charge in [-0.1, -0.05) is 0 Å². The van der Waals surface area contributed by atoms with Gasteiger partial charge in [-0.25, -0.2) is 0 Å². The average molecular weight is 634 g/mol. The number of nitrogens with zero attached hydrogens (tertiary/aromatic N) is 9. The standard InChI is InChI=1S/C9H18N6.C9H17N5O.C9H16N4O2/c1-4-10-7-13-8(11-5-2)15-9(14-7)12-6-3;1-4-10-7-12-8(11-5-2)14-9(13-7)15-6-3;1-4-10-7-11-8(14-5-2)13-9(12-7)15-6-3/h4-6H2,1-3H3,(H3,10,11,12,13,14,15);4-6H2,1-3H3,(H2,10,11,12,13,14);4-6H2,1-3H3,(H,10,11,12,13). The maximum absolute atomic E-state index is 5.24. The zero-order valence-electron chi connectivity index (χ0n) is 28.1. The van der Waals surface area contributed by atoms with E-state index in [2.05, 4.69) is 76.8 Å². The Morgan fingerprint density at radius 3 is 0.733 bits per heavy atom. The molecule has 0 fully saturated rings. The Labute approximate surface area is 266 Å². The number of nitrogens with one attached hydrogen (secondary N) is 6. The van der Waals surface area contributed by atoms with Gasteiger partial charge in [0.15, 0.2) is 0 Å². The highest BCUT2D eigenvalue weighted by molar-refractivity contribution is 5.42. The van der Waals surface area contributed by atoms with Crippen molar-refractivity contribution in [3.05, 3.63) is 0 Å². The van der Waals surface area contributed by atoms with Crippen molar-refractivity contribution in [1.29, 1.82) is 0 Å². The van der Waals surface area contributed by atoms with Crippen LogP contribution in [0.5, 0.6) is 18.0 Å². The highest BCUT2D eigenvalue weighted by atomic mass is 16.5. The quantitative estimate of drug-likeness (QED) is 0.118. The van der Waals surface area contributed by atoms with E-state index in [1.54, 1.807) is 0 Å². The fourth-order valence-electron chi connectivity index (χ4n) is 3.07. The van der Waals surface area contributed by atoms with Crippen LogP contribution in [0.15, 0.2) is 0 Å². The molecule has 0 unspecified atom stereocenters.